The molecular formula is C27H34N2O5. The highest BCUT2D eigenvalue weighted by molar-refractivity contribution is 5.94. The van der Waals surface area contributed by atoms with Gasteiger partial charge in [0.25, 0.3) is 0 Å². The third-order valence-corrected chi connectivity index (χ3v) is 8.98. The first-order valence-corrected chi connectivity index (χ1v) is 12.8. The number of β-amino-alcohol motifs (C(OH)–C–C–N with tert-alkyl or cyclic N) is 1. The number of aliphatic hydroxyl groups excluding tert-OH is 1. The van der Waals surface area contributed by atoms with Crippen molar-refractivity contribution in [1.29, 1.82) is 0 Å². The second kappa shape index (κ2) is 8.38. The molecule has 182 valence electrons. The van der Waals surface area contributed by atoms with Gasteiger partial charge in [0.05, 0.1) is 22.9 Å². The number of nitrogens with zero attached hydrogens (tertiary/aromatic N) is 2. The zero-order chi connectivity index (χ0) is 23.4. The molecule has 4 aliphatic heterocycles. The van der Waals surface area contributed by atoms with E-state index < -0.39 is 6.10 Å². The summed E-state index contributed by atoms with van der Waals surface area (Å²) in [6.45, 7) is 7.40. The summed E-state index contributed by atoms with van der Waals surface area (Å²) in [5.41, 5.74) is 5.94. The van der Waals surface area contributed by atoms with E-state index in [0.29, 0.717) is 36.7 Å². The summed E-state index contributed by atoms with van der Waals surface area (Å²) in [5.74, 6) is 0.0962. The van der Waals surface area contributed by atoms with Crippen LogP contribution in [-0.4, -0.2) is 66.2 Å². The van der Waals surface area contributed by atoms with E-state index in [1.807, 2.05) is 13.0 Å². The number of aliphatic hydroxyl groups is 1. The quantitative estimate of drug-likeness (QED) is 0.668. The zero-order valence-electron chi connectivity index (χ0n) is 20.0. The number of piperidine rings is 2. The van der Waals surface area contributed by atoms with Gasteiger partial charge in [0.2, 0.25) is 0 Å². The van der Waals surface area contributed by atoms with E-state index >= 15 is 0 Å². The summed E-state index contributed by atoms with van der Waals surface area (Å²) in [7, 11) is 0. The van der Waals surface area contributed by atoms with Crippen molar-refractivity contribution in [2.24, 2.45) is 11.3 Å². The van der Waals surface area contributed by atoms with Gasteiger partial charge in [-0.1, -0.05) is 6.07 Å². The van der Waals surface area contributed by atoms with E-state index in [4.69, 9.17) is 9.47 Å². The molecule has 0 unspecified atom stereocenters. The summed E-state index contributed by atoms with van der Waals surface area (Å²) in [6, 6.07) is 3.68. The van der Waals surface area contributed by atoms with Gasteiger partial charge in [-0.05, 0) is 87.1 Å². The fraction of sp³-hybridized carbons (Fsp3) is 0.630. The van der Waals surface area contributed by atoms with Crippen LogP contribution in [-0.2, 0) is 20.9 Å². The Kier molecular flexibility index (Phi) is 5.45. The van der Waals surface area contributed by atoms with Crippen LogP contribution < -0.4 is 0 Å². The van der Waals surface area contributed by atoms with E-state index in [9.17, 15) is 14.7 Å². The molecule has 1 saturated carbocycles. The lowest BCUT2D eigenvalue weighted by molar-refractivity contribution is -0.136. The van der Waals surface area contributed by atoms with Crippen molar-refractivity contribution in [3.8, 4) is 0 Å². The predicted molar refractivity (Wildman–Crippen MR) is 125 cm³/mol. The molecule has 0 bridgehead atoms. The second-order valence-corrected chi connectivity index (χ2v) is 10.9. The Balaban J connectivity index is 1.04. The molecule has 1 N–H and O–H groups in total. The molecule has 7 nitrogen and oxygen atoms in total. The minimum Gasteiger partial charge on any atom is -0.457 e. The molecule has 5 aliphatic rings. The number of hydrogen-bond donors (Lipinski definition) is 1. The lowest BCUT2D eigenvalue weighted by Crippen LogP contribution is -2.47. The fourth-order valence-electron chi connectivity index (χ4n) is 6.48. The highest BCUT2D eigenvalue weighted by Crippen LogP contribution is 2.45. The lowest BCUT2D eigenvalue weighted by atomic mass is 9.71. The van der Waals surface area contributed by atoms with Gasteiger partial charge >= 0.3 is 11.9 Å². The number of fused-ring (bicyclic) bond motifs is 1. The largest absolute Gasteiger partial charge is 0.457 e. The highest BCUT2D eigenvalue weighted by atomic mass is 16.5. The molecule has 0 aromatic heterocycles. The van der Waals surface area contributed by atoms with Crippen LogP contribution in [0.25, 0.3) is 0 Å². The molecule has 0 amide bonds. The van der Waals surface area contributed by atoms with E-state index in [0.717, 1.165) is 87.0 Å². The van der Waals surface area contributed by atoms with Gasteiger partial charge < -0.3 is 24.4 Å². The zero-order valence-corrected chi connectivity index (χ0v) is 20.0. The Bertz CT molecular complexity index is 1040. The molecule has 3 fully saturated rings. The van der Waals surface area contributed by atoms with E-state index in [2.05, 4.69) is 9.80 Å². The van der Waals surface area contributed by atoms with Crippen LogP contribution in [0.3, 0.4) is 0 Å². The number of cyclic esters (lactones) is 2. The van der Waals surface area contributed by atoms with Crippen LogP contribution in [0.1, 0.15) is 71.7 Å². The minimum absolute atomic E-state index is 0.0811. The van der Waals surface area contributed by atoms with Crippen LogP contribution in [0.5, 0.6) is 0 Å². The Morgan fingerprint density at radius 1 is 1.00 bits per heavy atom. The first-order valence-electron chi connectivity index (χ1n) is 12.8. The fourth-order valence-corrected chi connectivity index (χ4v) is 6.48. The molecule has 1 aromatic carbocycles. The summed E-state index contributed by atoms with van der Waals surface area (Å²) in [4.78, 5) is 28.8. The average Bonchev–Trinajstić information content (AvgIpc) is 3.50. The molecule has 1 aromatic rings. The number of rotatable bonds is 5. The van der Waals surface area contributed by atoms with Crippen molar-refractivity contribution in [3.63, 3.8) is 0 Å². The number of ether oxygens (including phenoxy) is 2. The third kappa shape index (κ3) is 3.83. The molecular weight excluding hydrogens is 432 g/mol. The van der Waals surface area contributed by atoms with Gasteiger partial charge in [-0.3, -0.25) is 0 Å². The molecule has 1 spiro atoms. The molecule has 1 aliphatic carbocycles. The first kappa shape index (κ1) is 22.1. The summed E-state index contributed by atoms with van der Waals surface area (Å²) in [6.07, 6.45) is 6.33. The van der Waals surface area contributed by atoms with Crippen molar-refractivity contribution in [2.75, 3.05) is 39.3 Å². The third-order valence-electron chi connectivity index (χ3n) is 8.98. The number of carbonyl (C=O) groups excluding carboxylic acids is 2. The maximum absolute atomic E-state index is 12.2. The molecule has 4 heterocycles. The van der Waals surface area contributed by atoms with E-state index in [-0.39, 0.29) is 11.9 Å². The van der Waals surface area contributed by atoms with Gasteiger partial charge in [-0.25, -0.2) is 9.59 Å². The standard InChI is InChI=1S/C27H34N2O5/c1-17-19(4-5-20-21(17)15-33-25(20)31)23(30)14-28-10-6-27(7-11-28)8-12-29(13-9-27)22-16-34-26(32)24(22)18-2-3-18/h4-5,18,23,30H,2-3,6-16H2,1H3/t23-/m0/s1. The summed E-state index contributed by atoms with van der Waals surface area (Å²) in [5, 5.41) is 11.0. The maximum atomic E-state index is 12.2. The van der Waals surface area contributed by atoms with Gasteiger partial charge in [-0.2, -0.15) is 0 Å². The van der Waals surface area contributed by atoms with Crippen molar-refractivity contribution >= 4 is 11.9 Å². The van der Waals surface area contributed by atoms with Crippen LogP contribution in [0.15, 0.2) is 23.4 Å². The molecule has 6 rings (SSSR count). The molecule has 0 radical (unpaired) electrons. The second-order valence-electron chi connectivity index (χ2n) is 10.9. The Hall–Kier alpha value is -2.38. The van der Waals surface area contributed by atoms with Crippen LogP contribution in [0, 0.1) is 18.3 Å². The number of benzene rings is 1. The molecule has 7 heteroatoms. The van der Waals surface area contributed by atoms with Gasteiger partial charge in [0.15, 0.2) is 0 Å². The van der Waals surface area contributed by atoms with Gasteiger partial charge in [0.1, 0.15) is 13.2 Å². The number of hydrogen-bond acceptors (Lipinski definition) is 7. The predicted octanol–water partition coefficient (Wildman–Crippen LogP) is 3.10. The smallest absolute Gasteiger partial charge is 0.338 e. The Labute approximate surface area is 200 Å². The monoisotopic (exact) mass is 466 g/mol. The summed E-state index contributed by atoms with van der Waals surface area (Å²) < 4.78 is 10.5. The van der Waals surface area contributed by atoms with Gasteiger partial charge in [0, 0.05) is 25.2 Å². The van der Waals surface area contributed by atoms with Gasteiger partial charge in [-0.15, -0.1) is 0 Å². The Morgan fingerprint density at radius 2 is 1.68 bits per heavy atom. The number of likely N-dealkylation sites (tertiary alicyclic amines) is 2. The van der Waals surface area contributed by atoms with Crippen molar-refractivity contribution in [2.45, 2.75) is 58.2 Å². The average molecular weight is 467 g/mol. The summed E-state index contributed by atoms with van der Waals surface area (Å²) >= 11 is 0. The minimum atomic E-state index is -0.565. The number of esters is 2. The topological polar surface area (TPSA) is 79.3 Å². The van der Waals surface area contributed by atoms with Crippen LogP contribution in [0.4, 0.5) is 0 Å². The Morgan fingerprint density at radius 3 is 2.38 bits per heavy atom. The first-order chi connectivity index (χ1) is 16.4. The highest BCUT2D eigenvalue weighted by Gasteiger charge is 2.43. The van der Waals surface area contributed by atoms with E-state index in [1.165, 1.54) is 5.70 Å². The SMILES string of the molecule is Cc1c([C@@H](O)CN2CCC3(CC2)CCN(C2=C(C4CC4)C(=O)OC2)CC3)ccc2c1COC2=O. The normalized spacial score (nSPS) is 25.5. The maximum Gasteiger partial charge on any atom is 0.338 e. The lowest BCUT2D eigenvalue weighted by Gasteiger charge is -2.48. The van der Waals surface area contributed by atoms with Crippen molar-refractivity contribution < 1.29 is 24.2 Å². The van der Waals surface area contributed by atoms with E-state index in [1.54, 1.807) is 6.07 Å². The van der Waals surface area contributed by atoms with Crippen molar-refractivity contribution in [1.82, 2.24) is 9.80 Å². The molecule has 34 heavy (non-hydrogen) atoms. The van der Waals surface area contributed by atoms with Crippen molar-refractivity contribution in [3.05, 3.63) is 45.7 Å². The van der Waals surface area contributed by atoms with Crippen LogP contribution in [0.2, 0.25) is 0 Å². The molecule has 2 saturated heterocycles. The number of carbonyl (C=O) groups is 2. The van der Waals surface area contributed by atoms with Crippen LogP contribution >= 0.6 is 0 Å². The molecule has 1 atom stereocenters.